The molecule has 1 saturated heterocycles. The first-order valence-electron chi connectivity index (χ1n) is 19.5. The number of rotatable bonds is 11. The largest absolute Gasteiger partial charge is 0.481 e. The Morgan fingerprint density at radius 2 is 1.62 bits per heavy atom. The first-order chi connectivity index (χ1) is 28.4. The van der Waals surface area contributed by atoms with Gasteiger partial charge in [0.25, 0.3) is 5.56 Å². The highest BCUT2D eigenvalue weighted by molar-refractivity contribution is 6.39. The van der Waals surface area contributed by atoms with Gasteiger partial charge in [0, 0.05) is 70.7 Å². The van der Waals surface area contributed by atoms with Crippen LogP contribution < -0.4 is 15.6 Å². The van der Waals surface area contributed by atoms with Gasteiger partial charge in [0.05, 0.1) is 47.2 Å². The van der Waals surface area contributed by atoms with Crippen molar-refractivity contribution in [3.63, 3.8) is 0 Å². The topological polar surface area (TPSA) is 176 Å². The van der Waals surface area contributed by atoms with Crippen LogP contribution in [0.1, 0.15) is 64.6 Å². The lowest BCUT2D eigenvalue weighted by Gasteiger charge is -2.46. The number of methoxy groups -OCH3 is 1. The molecule has 1 unspecified atom stereocenters. The third-order valence-electron chi connectivity index (χ3n) is 10.6. The number of carboxylic acid groups (broad SMARTS) is 1. The molecule has 60 heavy (non-hydrogen) atoms. The fourth-order valence-electron chi connectivity index (χ4n) is 7.72. The monoisotopic (exact) mass is 856 g/mol. The van der Waals surface area contributed by atoms with Gasteiger partial charge in [-0.25, -0.2) is 19.6 Å². The van der Waals surface area contributed by atoms with E-state index < -0.39 is 23.4 Å². The molecule has 2 aliphatic rings. The molecule has 0 bridgehead atoms. The maximum atomic E-state index is 13.6. The quantitative estimate of drug-likeness (QED) is 0.119. The SMILES string of the molecule is COc1nc(-c2cccc(-c3cccc(-c4ccc5nc(CN(C(=O)OC(C)(C)C)C6CC(C)(O)C6)cc(=O)n5c4)c3Cl)c2Cl)ccc1CN(CC1CCC(=O)N1)C(=O)O. The lowest BCUT2D eigenvalue weighted by Crippen LogP contribution is -2.56. The van der Waals surface area contributed by atoms with Crippen LogP contribution in [0.15, 0.2) is 77.7 Å². The summed E-state index contributed by atoms with van der Waals surface area (Å²) in [6.07, 6.45) is 1.70. The second-order valence-electron chi connectivity index (χ2n) is 16.6. The first-order valence-corrected chi connectivity index (χ1v) is 20.3. The number of pyridine rings is 2. The highest BCUT2D eigenvalue weighted by Crippen LogP contribution is 2.43. The van der Waals surface area contributed by atoms with Crippen LogP contribution in [0.5, 0.6) is 5.88 Å². The highest BCUT2D eigenvalue weighted by Gasteiger charge is 2.44. The molecule has 1 saturated carbocycles. The van der Waals surface area contributed by atoms with E-state index in [0.717, 1.165) is 0 Å². The van der Waals surface area contributed by atoms with E-state index in [2.05, 4.69) is 5.32 Å². The summed E-state index contributed by atoms with van der Waals surface area (Å²) in [5.74, 6) is 0.138. The van der Waals surface area contributed by atoms with E-state index >= 15 is 0 Å². The van der Waals surface area contributed by atoms with E-state index in [9.17, 15) is 29.4 Å². The number of nitrogens with zero attached hydrogens (tertiary/aromatic N) is 5. The van der Waals surface area contributed by atoms with E-state index in [4.69, 9.17) is 42.6 Å². The molecule has 1 aliphatic heterocycles. The highest BCUT2D eigenvalue weighted by atomic mass is 35.5. The van der Waals surface area contributed by atoms with E-state index in [1.165, 1.54) is 27.4 Å². The number of aliphatic hydroxyl groups is 1. The lowest BCUT2D eigenvalue weighted by molar-refractivity contribution is -0.119. The van der Waals surface area contributed by atoms with Gasteiger partial charge < -0.3 is 29.9 Å². The average molecular weight is 858 g/mol. The Labute approximate surface area is 356 Å². The summed E-state index contributed by atoms with van der Waals surface area (Å²) in [6.45, 7) is 7.25. The van der Waals surface area contributed by atoms with Crippen LogP contribution in [0.4, 0.5) is 9.59 Å². The van der Waals surface area contributed by atoms with Crippen molar-refractivity contribution in [3.8, 4) is 39.4 Å². The number of carbonyl (C=O) groups excluding carboxylic acids is 2. The Hall–Kier alpha value is -5.70. The van der Waals surface area contributed by atoms with E-state index in [0.29, 0.717) is 86.1 Å². The van der Waals surface area contributed by atoms with Crippen LogP contribution in [0.3, 0.4) is 0 Å². The van der Waals surface area contributed by atoms with Gasteiger partial charge in [-0.05, 0) is 71.2 Å². The van der Waals surface area contributed by atoms with E-state index in [-0.39, 0.29) is 49.1 Å². The fourth-order valence-corrected chi connectivity index (χ4v) is 8.38. The van der Waals surface area contributed by atoms with Gasteiger partial charge in [-0.2, -0.15) is 0 Å². The molecule has 0 spiro atoms. The molecule has 314 valence electrons. The Morgan fingerprint density at radius 1 is 0.950 bits per heavy atom. The third kappa shape index (κ3) is 9.20. The molecule has 2 fully saturated rings. The zero-order valence-corrected chi connectivity index (χ0v) is 35.4. The van der Waals surface area contributed by atoms with E-state index in [1.54, 1.807) is 52.1 Å². The van der Waals surface area contributed by atoms with Gasteiger partial charge in [-0.15, -0.1) is 0 Å². The summed E-state index contributed by atoms with van der Waals surface area (Å²) in [4.78, 5) is 62.8. The number of aromatic nitrogens is 3. The summed E-state index contributed by atoms with van der Waals surface area (Å²) >= 11 is 14.2. The second kappa shape index (κ2) is 16.7. The molecule has 3 N–H and O–H groups in total. The number of hydrogen-bond acceptors (Lipinski definition) is 9. The molecule has 3 aromatic heterocycles. The van der Waals surface area contributed by atoms with Crippen molar-refractivity contribution < 1.29 is 34.1 Å². The van der Waals surface area contributed by atoms with Crippen LogP contribution in [-0.4, -0.2) is 89.4 Å². The maximum Gasteiger partial charge on any atom is 0.410 e. The maximum absolute atomic E-state index is 13.6. The van der Waals surface area contributed by atoms with Crippen molar-refractivity contribution in [1.29, 1.82) is 0 Å². The molecule has 1 aliphatic carbocycles. The molecular weight excluding hydrogens is 811 g/mol. The number of halogens is 2. The zero-order valence-electron chi connectivity index (χ0n) is 33.9. The minimum absolute atomic E-state index is 0.00453. The van der Waals surface area contributed by atoms with Gasteiger partial charge in [-0.1, -0.05) is 59.6 Å². The van der Waals surface area contributed by atoms with Crippen LogP contribution in [0.2, 0.25) is 10.0 Å². The number of benzene rings is 2. The van der Waals surface area contributed by atoms with Crippen molar-refractivity contribution in [2.75, 3.05) is 13.7 Å². The second-order valence-corrected chi connectivity index (χ2v) is 17.3. The summed E-state index contributed by atoms with van der Waals surface area (Å²) < 4.78 is 12.7. The van der Waals surface area contributed by atoms with Crippen molar-refractivity contribution >= 4 is 46.9 Å². The van der Waals surface area contributed by atoms with Gasteiger partial charge in [0.2, 0.25) is 11.8 Å². The minimum atomic E-state index is -1.13. The smallest absolute Gasteiger partial charge is 0.410 e. The molecule has 2 aromatic carbocycles. The Kier molecular flexibility index (Phi) is 11.8. The predicted octanol–water partition coefficient (Wildman–Crippen LogP) is 7.82. The molecule has 14 nitrogen and oxygen atoms in total. The zero-order chi connectivity index (χ0) is 43.1. The number of nitrogens with one attached hydrogen (secondary N) is 1. The summed E-state index contributed by atoms with van der Waals surface area (Å²) in [6, 6.07) is 18.9. The predicted molar refractivity (Wildman–Crippen MR) is 227 cm³/mol. The summed E-state index contributed by atoms with van der Waals surface area (Å²) in [5, 5.41) is 23.9. The molecule has 7 rings (SSSR count). The van der Waals surface area contributed by atoms with Gasteiger partial charge in [-0.3, -0.25) is 18.9 Å². The Balaban J connectivity index is 1.14. The molecular formula is C44H46Cl2N6O8. The van der Waals surface area contributed by atoms with Gasteiger partial charge in [0.15, 0.2) is 0 Å². The number of hydrogen-bond donors (Lipinski definition) is 3. The van der Waals surface area contributed by atoms with Crippen LogP contribution in [-0.2, 0) is 22.6 Å². The number of fused-ring (bicyclic) bond motifs is 1. The van der Waals surface area contributed by atoms with Crippen molar-refractivity contribution in [2.45, 2.75) is 89.8 Å². The van der Waals surface area contributed by atoms with Gasteiger partial charge >= 0.3 is 12.2 Å². The first kappa shape index (κ1) is 42.4. The fraction of sp³-hybridized carbons (Fsp3) is 0.364. The summed E-state index contributed by atoms with van der Waals surface area (Å²) in [7, 11) is 1.46. The average Bonchev–Trinajstić information content (AvgIpc) is 3.59. The van der Waals surface area contributed by atoms with Gasteiger partial charge in [0.1, 0.15) is 11.2 Å². The van der Waals surface area contributed by atoms with Crippen molar-refractivity contribution in [3.05, 3.63) is 105 Å². The number of ether oxygens (including phenoxy) is 2. The van der Waals surface area contributed by atoms with Crippen molar-refractivity contribution in [2.24, 2.45) is 0 Å². The Bertz CT molecular complexity index is 2550. The van der Waals surface area contributed by atoms with Crippen LogP contribution >= 0.6 is 23.2 Å². The normalized spacial score (nSPS) is 18.8. The summed E-state index contributed by atoms with van der Waals surface area (Å²) in [5.41, 5.74) is 3.00. The molecule has 5 aromatic rings. The van der Waals surface area contributed by atoms with Crippen LogP contribution in [0.25, 0.3) is 39.2 Å². The van der Waals surface area contributed by atoms with E-state index in [1.807, 2.05) is 42.5 Å². The molecule has 4 heterocycles. The molecule has 3 amide bonds. The molecule has 1 atom stereocenters. The number of amides is 3. The number of carbonyl (C=O) groups is 3. The standard InChI is InChI=1S/C44H46Cl2N6O8/c1-43(2,3)60-42(57)51(29-19-44(4,58)20-29)24-28-18-37(54)52-22-25(13-16-35(52)47-28)30-8-6-9-31(38(30)45)32-10-7-11-33(39(32)46)34-15-12-26(40(49-34)59-5)21-50(41(55)56)23-27-14-17-36(53)48-27/h6-13,15-16,18,22,27,29,58H,14,17,19-21,23-24H2,1-5H3,(H,48,53)(H,55,56). The van der Waals surface area contributed by atoms with Crippen molar-refractivity contribution in [1.82, 2.24) is 29.5 Å². The lowest BCUT2D eigenvalue weighted by atomic mass is 9.76. The van der Waals surface area contributed by atoms with Crippen LogP contribution in [0, 0.1) is 0 Å². The molecule has 16 heteroatoms. The Morgan fingerprint density at radius 3 is 2.23 bits per heavy atom. The third-order valence-corrected chi connectivity index (χ3v) is 11.4. The minimum Gasteiger partial charge on any atom is -0.481 e. The molecule has 0 radical (unpaired) electrons.